The molecule has 6 heteroatoms. The van der Waals surface area contributed by atoms with E-state index in [0.717, 1.165) is 17.5 Å². The van der Waals surface area contributed by atoms with Gasteiger partial charge in [-0.1, -0.05) is 54.1 Å². The van der Waals surface area contributed by atoms with Crippen molar-refractivity contribution in [1.82, 2.24) is 10.6 Å². The third-order valence-corrected chi connectivity index (χ3v) is 5.05. The molecule has 3 rings (SSSR count). The number of benzene rings is 2. The summed E-state index contributed by atoms with van der Waals surface area (Å²) in [5, 5.41) is 16.3. The Morgan fingerprint density at radius 1 is 1.00 bits per heavy atom. The van der Waals surface area contributed by atoms with E-state index in [0.29, 0.717) is 17.9 Å². The number of hydrogen-bond acceptors (Lipinski definition) is 3. The number of aliphatic hydroxyl groups is 1. The van der Waals surface area contributed by atoms with Crippen molar-refractivity contribution in [3.63, 3.8) is 0 Å². The molecule has 1 aliphatic rings. The molecule has 1 atom stereocenters. The smallest absolute Gasteiger partial charge is 0.309 e. The van der Waals surface area contributed by atoms with Crippen molar-refractivity contribution in [2.75, 3.05) is 6.54 Å². The van der Waals surface area contributed by atoms with Crippen LogP contribution in [0.25, 0.3) is 0 Å². The normalized spacial score (nSPS) is 18.7. The lowest BCUT2D eigenvalue weighted by atomic mass is 9.80. The van der Waals surface area contributed by atoms with Gasteiger partial charge in [-0.15, -0.1) is 0 Å². The van der Waals surface area contributed by atoms with Crippen molar-refractivity contribution in [3.05, 3.63) is 70.2 Å². The van der Waals surface area contributed by atoms with Gasteiger partial charge in [-0.05, 0) is 35.6 Å². The van der Waals surface area contributed by atoms with Crippen LogP contribution in [0.5, 0.6) is 0 Å². The molecule has 1 aliphatic carbocycles. The van der Waals surface area contributed by atoms with E-state index in [1.807, 2.05) is 24.3 Å². The minimum Gasteiger partial charge on any atom is -0.388 e. The largest absolute Gasteiger partial charge is 0.388 e. The molecular weight excluding hydrogens is 352 g/mol. The van der Waals surface area contributed by atoms with Gasteiger partial charge in [0.1, 0.15) is 0 Å². The Morgan fingerprint density at radius 3 is 2.42 bits per heavy atom. The molecular formula is C20H21ClN2O3. The van der Waals surface area contributed by atoms with Gasteiger partial charge >= 0.3 is 11.8 Å². The lowest BCUT2D eigenvalue weighted by Gasteiger charge is -2.33. The van der Waals surface area contributed by atoms with Crippen LogP contribution < -0.4 is 10.6 Å². The second kappa shape index (κ2) is 7.89. The SMILES string of the molecule is O=C(NCc1ccccc1Cl)C(=O)NCC1(O)CCc2ccccc2C1. The highest BCUT2D eigenvalue weighted by Crippen LogP contribution is 2.28. The van der Waals surface area contributed by atoms with Crippen LogP contribution in [0.3, 0.4) is 0 Å². The van der Waals surface area contributed by atoms with Crippen molar-refractivity contribution in [2.45, 2.75) is 31.4 Å². The van der Waals surface area contributed by atoms with Gasteiger partial charge in [0.05, 0.1) is 5.60 Å². The number of hydrogen-bond donors (Lipinski definition) is 3. The summed E-state index contributed by atoms with van der Waals surface area (Å²) < 4.78 is 0. The molecule has 2 aromatic carbocycles. The van der Waals surface area contributed by atoms with Gasteiger partial charge in [0.15, 0.2) is 0 Å². The zero-order chi connectivity index (χ0) is 18.6. The van der Waals surface area contributed by atoms with Crippen LogP contribution in [-0.2, 0) is 29.0 Å². The maximum Gasteiger partial charge on any atom is 0.309 e. The highest BCUT2D eigenvalue weighted by Gasteiger charge is 2.32. The number of amides is 2. The van der Waals surface area contributed by atoms with Gasteiger partial charge in [0, 0.05) is 24.5 Å². The predicted molar refractivity (Wildman–Crippen MR) is 99.7 cm³/mol. The van der Waals surface area contributed by atoms with Gasteiger partial charge in [-0.2, -0.15) is 0 Å². The fourth-order valence-corrected chi connectivity index (χ4v) is 3.36. The summed E-state index contributed by atoms with van der Waals surface area (Å²) in [5.74, 6) is -1.51. The summed E-state index contributed by atoms with van der Waals surface area (Å²) >= 11 is 6.02. The molecule has 0 fully saturated rings. The Hall–Kier alpha value is -2.37. The number of fused-ring (bicyclic) bond motifs is 1. The highest BCUT2D eigenvalue weighted by atomic mass is 35.5. The minimum absolute atomic E-state index is 0.0413. The molecule has 0 aliphatic heterocycles. The van der Waals surface area contributed by atoms with E-state index in [2.05, 4.69) is 16.7 Å². The second-order valence-electron chi connectivity index (χ2n) is 6.63. The van der Waals surface area contributed by atoms with E-state index in [1.165, 1.54) is 5.56 Å². The molecule has 0 heterocycles. The molecule has 2 aromatic rings. The molecule has 0 saturated heterocycles. The summed E-state index contributed by atoms with van der Waals surface area (Å²) in [7, 11) is 0. The maximum atomic E-state index is 12.0. The van der Waals surface area contributed by atoms with Gasteiger partial charge in [0.25, 0.3) is 0 Å². The van der Waals surface area contributed by atoms with E-state index >= 15 is 0 Å². The lowest BCUT2D eigenvalue weighted by molar-refractivity contribution is -0.140. The second-order valence-corrected chi connectivity index (χ2v) is 7.03. The number of nitrogens with one attached hydrogen (secondary N) is 2. The van der Waals surface area contributed by atoms with E-state index in [4.69, 9.17) is 11.6 Å². The number of aryl methyl sites for hydroxylation is 1. The monoisotopic (exact) mass is 372 g/mol. The first-order valence-corrected chi connectivity index (χ1v) is 8.93. The quantitative estimate of drug-likeness (QED) is 0.718. The summed E-state index contributed by atoms with van der Waals surface area (Å²) in [6.07, 6.45) is 1.76. The molecule has 26 heavy (non-hydrogen) atoms. The first-order chi connectivity index (χ1) is 12.5. The van der Waals surface area contributed by atoms with Crippen LogP contribution in [0.15, 0.2) is 48.5 Å². The summed E-state index contributed by atoms with van der Waals surface area (Å²) in [6, 6.07) is 15.1. The first kappa shape index (κ1) is 18.4. The van der Waals surface area contributed by atoms with Crippen LogP contribution in [0.4, 0.5) is 0 Å². The van der Waals surface area contributed by atoms with Crippen LogP contribution in [0.2, 0.25) is 5.02 Å². The molecule has 5 nitrogen and oxygen atoms in total. The molecule has 0 radical (unpaired) electrons. The molecule has 3 N–H and O–H groups in total. The van der Waals surface area contributed by atoms with Crippen LogP contribution >= 0.6 is 11.6 Å². The number of halogens is 1. The number of carbonyl (C=O) groups excluding carboxylic acids is 2. The Balaban J connectivity index is 1.50. The average Bonchev–Trinajstić information content (AvgIpc) is 2.65. The summed E-state index contributed by atoms with van der Waals surface area (Å²) in [5.41, 5.74) is 2.00. The number of rotatable bonds is 4. The molecule has 136 valence electrons. The summed E-state index contributed by atoms with van der Waals surface area (Å²) in [6.45, 7) is 0.212. The maximum absolute atomic E-state index is 12.0. The minimum atomic E-state index is -1.03. The van der Waals surface area contributed by atoms with E-state index in [-0.39, 0.29) is 13.1 Å². The van der Waals surface area contributed by atoms with Gasteiger partial charge < -0.3 is 15.7 Å². The van der Waals surface area contributed by atoms with Gasteiger partial charge in [0.2, 0.25) is 0 Å². The number of carbonyl (C=O) groups is 2. The van der Waals surface area contributed by atoms with Crippen LogP contribution in [-0.4, -0.2) is 29.1 Å². The van der Waals surface area contributed by atoms with Crippen molar-refractivity contribution in [1.29, 1.82) is 0 Å². The standard InChI is InChI=1S/C20H21ClN2O3/c21-17-8-4-3-7-16(17)12-22-18(24)19(25)23-13-20(26)10-9-14-5-1-2-6-15(14)11-20/h1-8,26H,9-13H2,(H,22,24)(H,23,25). The molecule has 0 bridgehead atoms. The zero-order valence-corrected chi connectivity index (χ0v) is 15.1. The Bertz CT molecular complexity index is 824. The van der Waals surface area contributed by atoms with Gasteiger partial charge in [-0.3, -0.25) is 9.59 Å². The molecule has 0 spiro atoms. The van der Waals surface area contributed by atoms with Crippen molar-refractivity contribution >= 4 is 23.4 Å². The Labute approximate surface area is 157 Å². The first-order valence-electron chi connectivity index (χ1n) is 8.55. The molecule has 0 saturated carbocycles. The van der Waals surface area contributed by atoms with Crippen molar-refractivity contribution < 1.29 is 14.7 Å². The van der Waals surface area contributed by atoms with Crippen LogP contribution in [0, 0.1) is 0 Å². The summed E-state index contributed by atoms with van der Waals surface area (Å²) in [4.78, 5) is 24.0. The molecule has 2 amide bonds. The van der Waals surface area contributed by atoms with Crippen LogP contribution in [0.1, 0.15) is 23.1 Å². The lowest BCUT2D eigenvalue weighted by Crippen LogP contribution is -2.50. The third-order valence-electron chi connectivity index (χ3n) is 4.68. The van der Waals surface area contributed by atoms with E-state index in [1.54, 1.807) is 18.2 Å². The highest BCUT2D eigenvalue weighted by molar-refractivity contribution is 6.35. The van der Waals surface area contributed by atoms with Gasteiger partial charge in [-0.25, -0.2) is 0 Å². The fraction of sp³-hybridized carbons (Fsp3) is 0.300. The third kappa shape index (κ3) is 4.42. The average molecular weight is 373 g/mol. The topological polar surface area (TPSA) is 78.4 Å². The predicted octanol–water partition coefficient (Wildman–Crippen LogP) is 1.99. The molecule has 0 aromatic heterocycles. The fourth-order valence-electron chi connectivity index (χ4n) is 3.16. The van der Waals surface area contributed by atoms with Crippen molar-refractivity contribution in [2.24, 2.45) is 0 Å². The Kier molecular flexibility index (Phi) is 5.59. The van der Waals surface area contributed by atoms with Crippen molar-refractivity contribution in [3.8, 4) is 0 Å². The van der Waals surface area contributed by atoms with E-state index in [9.17, 15) is 14.7 Å². The molecule has 1 unspecified atom stereocenters. The van der Waals surface area contributed by atoms with E-state index < -0.39 is 17.4 Å². The zero-order valence-electron chi connectivity index (χ0n) is 14.3. The Morgan fingerprint density at radius 2 is 1.65 bits per heavy atom.